The number of benzene rings is 1. The fourth-order valence-corrected chi connectivity index (χ4v) is 4.78. The third kappa shape index (κ3) is 2.20. The molecule has 0 unspecified atom stereocenters. The van der Waals surface area contributed by atoms with Crippen LogP contribution in [0.4, 0.5) is 0 Å². The number of nitrogens with zero attached hydrogens (tertiary/aromatic N) is 1. The number of esters is 1. The lowest BCUT2D eigenvalue weighted by Crippen LogP contribution is -2.51. The number of aryl methyl sites for hydroxylation is 1. The second kappa shape index (κ2) is 5.78. The molecule has 4 nitrogen and oxygen atoms in total. The maximum Gasteiger partial charge on any atom is 0.309 e. The first kappa shape index (κ1) is 15.5. The van der Waals surface area contributed by atoms with E-state index in [1.54, 1.807) is 0 Å². The molecular formula is C20H24N2O2. The third-order valence-electron chi connectivity index (χ3n) is 5.81. The van der Waals surface area contributed by atoms with E-state index < -0.39 is 0 Å². The van der Waals surface area contributed by atoms with Crippen LogP contribution in [-0.2, 0) is 16.0 Å². The minimum absolute atomic E-state index is 0.0620. The number of carbonyl (C=O) groups excluding carboxylic acids is 1. The van der Waals surface area contributed by atoms with Gasteiger partial charge < -0.3 is 9.72 Å². The van der Waals surface area contributed by atoms with Crippen molar-refractivity contribution in [2.45, 2.75) is 31.7 Å². The summed E-state index contributed by atoms with van der Waals surface area (Å²) in [6, 6.07) is 6.94. The molecule has 2 aromatic rings. The van der Waals surface area contributed by atoms with Crippen molar-refractivity contribution in [2.24, 2.45) is 5.92 Å². The second-order valence-corrected chi connectivity index (χ2v) is 7.07. The summed E-state index contributed by atoms with van der Waals surface area (Å²) in [5, 5.41) is 1.38. The summed E-state index contributed by atoms with van der Waals surface area (Å²) in [7, 11) is 1.49. The lowest BCUT2D eigenvalue weighted by atomic mass is 9.72. The molecule has 4 heteroatoms. The maximum absolute atomic E-state index is 12.2. The van der Waals surface area contributed by atoms with E-state index in [4.69, 9.17) is 4.74 Å². The molecule has 1 N–H and O–H groups in total. The molecule has 1 aromatic carbocycles. The SMILES string of the molecule is C=CCN1C[C@H](C(=O)OC)C[C@@H]2c3cccc4[nH]c(C)c(c34)C[C@H]21. The number of piperidine rings is 1. The maximum atomic E-state index is 12.2. The van der Waals surface area contributed by atoms with Crippen LogP contribution in [-0.4, -0.2) is 42.1 Å². The van der Waals surface area contributed by atoms with Gasteiger partial charge in [0.2, 0.25) is 0 Å². The predicted molar refractivity (Wildman–Crippen MR) is 95.2 cm³/mol. The van der Waals surface area contributed by atoms with Gasteiger partial charge in [0.15, 0.2) is 0 Å². The molecule has 1 aliphatic carbocycles. The van der Waals surface area contributed by atoms with E-state index >= 15 is 0 Å². The Bertz CT molecular complexity index is 807. The van der Waals surface area contributed by atoms with Crippen LogP contribution in [0, 0.1) is 12.8 Å². The second-order valence-electron chi connectivity index (χ2n) is 7.07. The molecule has 0 saturated carbocycles. The van der Waals surface area contributed by atoms with Crippen LogP contribution >= 0.6 is 0 Å². The highest BCUT2D eigenvalue weighted by Gasteiger charge is 2.43. The van der Waals surface area contributed by atoms with E-state index in [-0.39, 0.29) is 11.9 Å². The van der Waals surface area contributed by atoms with E-state index in [0.29, 0.717) is 12.0 Å². The molecule has 1 fully saturated rings. The van der Waals surface area contributed by atoms with E-state index in [1.807, 2.05) is 6.08 Å². The zero-order valence-corrected chi connectivity index (χ0v) is 14.3. The summed E-state index contributed by atoms with van der Waals surface area (Å²) in [6.45, 7) is 7.64. The van der Waals surface area contributed by atoms with Crippen LogP contribution in [0.2, 0.25) is 0 Å². The number of methoxy groups -OCH3 is 1. The van der Waals surface area contributed by atoms with Gasteiger partial charge in [-0.15, -0.1) is 6.58 Å². The van der Waals surface area contributed by atoms with Gasteiger partial charge in [0, 0.05) is 41.6 Å². The van der Waals surface area contributed by atoms with Crippen molar-refractivity contribution in [1.29, 1.82) is 0 Å². The van der Waals surface area contributed by atoms with Crippen LogP contribution in [0.3, 0.4) is 0 Å². The summed E-state index contributed by atoms with van der Waals surface area (Å²) in [5.74, 6) is 0.216. The van der Waals surface area contributed by atoms with Crippen LogP contribution in [0.5, 0.6) is 0 Å². The van der Waals surface area contributed by atoms with E-state index in [0.717, 1.165) is 25.9 Å². The summed E-state index contributed by atoms with van der Waals surface area (Å²) >= 11 is 0. The van der Waals surface area contributed by atoms with Gasteiger partial charge in [-0.25, -0.2) is 0 Å². The summed E-state index contributed by atoms with van der Waals surface area (Å²) in [6.07, 6.45) is 3.85. The number of aromatic amines is 1. The highest BCUT2D eigenvalue weighted by atomic mass is 16.5. The first-order valence-electron chi connectivity index (χ1n) is 8.66. The molecule has 2 heterocycles. The largest absolute Gasteiger partial charge is 0.469 e. The Morgan fingerprint density at radius 2 is 2.33 bits per heavy atom. The van der Waals surface area contributed by atoms with Gasteiger partial charge in [0.1, 0.15) is 0 Å². The molecule has 24 heavy (non-hydrogen) atoms. The van der Waals surface area contributed by atoms with E-state index in [2.05, 4.69) is 41.6 Å². The van der Waals surface area contributed by atoms with Crippen LogP contribution in [0.15, 0.2) is 30.9 Å². The van der Waals surface area contributed by atoms with Gasteiger partial charge in [-0.05, 0) is 37.0 Å². The van der Waals surface area contributed by atoms with Gasteiger partial charge in [0.25, 0.3) is 0 Å². The molecule has 2 aliphatic rings. The summed E-state index contributed by atoms with van der Waals surface area (Å²) in [4.78, 5) is 18.1. The Hall–Kier alpha value is -2.07. The number of aromatic nitrogens is 1. The zero-order valence-electron chi connectivity index (χ0n) is 14.3. The number of hydrogen-bond donors (Lipinski definition) is 1. The smallest absolute Gasteiger partial charge is 0.309 e. The van der Waals surface area contributed by atoms with Crippen molar-refractivity contribution in [3.8, 4) is 0 Å². The number of hydrogen-bond acceptors (Lipinski definition) is 3. The van der Waals surface area contributed by atoms with Gasteiger partial charge >= 0.3 is 5.97 Å². The topological polar surface area (TPSA) is 45.3 Å². The van der Waals surface area contributed by atoms with Crippen molar-refractivity contribution in [3.63, 3.8) is 0 Å². The number of rotatable bonds is 3. The highest BCUT2D eigenvalue weighted by Crippen LogP contribution is 2.45. The lowest BCUT2D eigenvalue weighted by Gasteiger charge is -2.46. The fourth-order valence-electron chi connectivity index (χ4n) is 4.78. The molecule has 0 amide bonds. The Balaban J connectivity index is 1.82. The number of likely N-dealkylation sites (tertiary alicyclic amines) is 1. The number of H-pyrrole nitrogens is 1. The Labute approximate surface area is 142 Å². The van der Waals surface area contributed by atoms with Crippen molar-refractivity contribution >= 4 is 16.9 Å². The van der Waals surface area contributed by atoms with Crippen molar-refractivity contribution < 1.29 is 9.53 Å². The standard InChI is InChI=1S/C20H24N2O2/c1-4-8-22-11-13(20(23)24-3)9-16-14-6-5-7-17-19(14)15(10-18(16)22)12(2)21-17/h4-7,13,16,18,21H,1,8-11H2,2-3H3/t13-,16-,18-/m1/s1. The molecule has 1 saturated heterocycles. The Morgan fingerprint density at radius 3 is 3.08 bits per heavy atom. The van der Waals surface area contributed by atoms with Gasteiger partial charge in [-0.1, -0.05) is 18.2 Å². The number of nitrogens with one attached hydrogen (secondary N) is 1. The minimum Gasteiger partial charge on any atom is -0.469 e. The molecule has 1 aromatic heterocycles. The molecule has 0 radical (unpaired) electrons. The van der Waals surface area contributed by atoms with Crippen LogP contribution in [0.1, 0.15) is 29.2 Å². The molecule has 1 aliphatic heterocycles. The average molecular weight is 324 g/mol. The van der Waals surface area contributed by atoms with Gasteiger partial charge in [0.05, 0.1) is 13.0 Å². The molecule has 3 atom stereocenters. The minimum atomic E-state index is -0.0919. The lowest BCUT2D eigenvalue weighted by molar-refractivity contribution is -0.148. The monoisotopic (exact) mass is 324 g/mol. The van der Waals surface area contributed by atoms with Crippen LogP contribution < -0.4 is 0 Å². The first-order chi connectivity index (χ1) is 11.6. The van der Waals surface area contributed by atoms with Gasteiger partial charge in [-0.3, -0.25) is 9.69 Å². The first-order valence-corrected chi connectivity index (χ1v) is 8.66. The molecular weight excluding hydrogens is 300 g/mol. The zero-order chi connectivity index (χ0) is 16.8. The fraction of sp³-hybridized carbons (Fsp3) is 0.450. The molecule has 126 valence electrons. The number of ether oxygens (including phenoxy) is 1. The quantitative estimate of drug-likeness (QED) is 0.697. The molecule has 0 bridgehead atoms. The van der Waals surface area contributed by atoms with Crippen molar-refractivity contribution in [1.82, 2.24) is 9.88 Å². The molecule has 0 spiro atoms. The van der Waals surface area contributed by atoms with Crippen molar-refractivity contribution in [2.75, 3.05) is 20.2 Å². The Kier molecular flexibility index (Phi) is 3.72. The van der Waals surface area contributed by atoms with Gasteiger partial charge in [-0.2, -0.15) is 0 Å². The summed E-state index contributed by atoms with van der Waals surface area (Å²) in [5.41, 5.74) is 5.30. The summed E-state index contributed by atoms with van der Waals surface area (Å²) < 4.78 is 5.05. The van der Waals surface area contributed by atoms with Crippen LogP contribution in [0.25, 0.3) is 10.9 Å². The third-order valence-corrected chi connectivity index (χ3v) is 5.81. The Morgan fingerprint density at radius 1 is 1.50 bits per heavy atom. The van der Waals surface area contributed by atoms with E-state index in [1.165, 1.54) is 34.8 Å². The molecule has 4 rings (SSSR count). The predicted octanol–water partition coefficient (Wildman–Crippen LogP) is 3.17. The van der Waals surface area contributed by atoms with Crippen molar-refractivity contribution in [3.05, 3.63) is 47.7 Å². The van der Waals surface area contributed by atoms with E-state index in [9.17, 15) is 4.79 Å². The normalized spacial score (nSPS) is 26.2. The number of fused-ring (bicyclic) bond motifs is 2. The average Bonchev–Trinajstić information content (AvgIpc) is 2.92. The highest BCUT2D eigenvalue weighted by molar-refractivity contribution is 5.89. The number of carbonyl (C=O) groups is 1.